The second-order valence-electron chi connectivity index (χ2n) is 4.92. The summed E-state index contributed by atoms with van der Waals surface area (Å²) < 4.78 is 22.9. The highest BCUT2D eigenvalue weighted by Gasteiger charge is 2.13. The van der Waals surface area contributed by atoms with Crippen molar-refractivity contribution in [3.63, 3.8) is 0 Å². The molecule has 0 bridgehead atoms. The molecule has 0 saturated heterocycles. The number of carboxylic acids is 1. The Bertz CT molecular complexity index is 978. The van der Waals surface area contributed by atoms with Crippen molar-refractivity contribution >= 4 is 39.2 Å². The maximum Gasteiger partial charge on any atom is 0.337 e. The summed E-state index contributed by atoms with van der Waals surface area (Å²) in [5.41, 5.74) is 2.13. The number of H-pyrrole nitrogens is 1. The van der Waals surface area contributed by atoms with Gasteiger partial charge in [-0.05, 0) is 23.8 Å². The fraction of sp³-hybridized carbons (Fsp3) is 0.0667. The first-order valence-electron chi connectivity index (χ1n) is 6.37. The van der Waals surface area contributed by atoms with E-state index in [9.17, 15) is 13.2 Å². The first-order chi connectivity index (χ1) is 10.4. The Hall–Kier alpha value is -2.38. The van der Waals surface area contributed by atoms with E-state index >= 15 is 0 Å². The van der Waals surface area contributed by atoms with Crippen LogP contribution >= 0.6 is 12.4 Å². The quantitative estimate of drug-likeness (QED) is 0.754. The van der Waals surface area contributed by atoms with Crippen molar-refractivity contribution in [3.05, 3.63) is 48.3 Å². The minimum atomic E-state index is -3.24. The summed E-state index contributed by atoms with van der Waals surface area (Å²) in [6.45, 7) is 0. The van der Waals surface area contributed by atoms with Gasteiger partial charge in [0.2, 0.25) is 0 Å². The lowest BCUT2D eigenvalue weighted by Gasteiger charge is -2.04. The molecule has 2 heterocycles. The second-order valence-corrected chi connectivity index (χ2v) is 6.94. The summed E-state index contributed by atoms with van der Waals surface area (Å²) in [4.78, 5) is 18.4. The molecular formula is C15H13ClN2O4S. The van der Waals surface area contributed by atoms with Crippen molar-refractivity contribution in [1.29, 1.82) is 0 Å². The van der Waals surface area contributed by atoms with Gasteiger partial charge in [0.1, 0.15) is 5.65 Å². The lowest BCUT2D eigenvalue weighted by atomic mass is 10.1. The van der Waals surface area contributed by atoms with Crippen molar-refractivity contribution < 1.29 is 18.3 Å². The van der Waals surface area contributed by atoms with Crippen LogP contribution < -0.4 is 0 Å². The van der Waals surface area contributed by atoms with Crippen LogP contribution in [0.15, 0.2) is 47.6 Å². The Labute approximate surface area is 138 Å². The molecule has 0 aliphatic carbocycles. The molecule has 0 aliphatic heterocycles. The third-order valence-electron chi connectivity index (χ3n) is 3.38. The zero-order valence-electron chi connectivity index (χ0n) is 12.0. The van der Waals surface area contributed by atoms with Gasteiger partial charge in [-0.1, -0.05) is 12.1 Å². The number of hydrogen-bond donors (Lipinski definition) is 2. The summed E-state index contributed by atoms with van der Waals surface area (Å²) in [6, 6.07) is 8.10. The van der Waals surface area contributed by atoms with E-state index in [0.717, 1.165) is 17.4 Å². The van der Waals surface area contributed by atoms with Gasteiger partial charge in [-0.25, -0.2) is 18.2 Å². The smallest absolute Gasteiger partial charge is 0.337 e. The predicted molar refractivity (Wildman–Crippen MR) is 88.8 cm³/mol. The van der Waals surface area contributed by atoms with Crippen LogP contribution in [-0.2, 0) is 9.84 Å². The monoisotopic (exact) mass is 352 g/mol. The minimum Gasteiger partial charge on any atom is -0.478 e. The normalized spacial score (nSPS) is 11.2. The molecule has 0 spiro atoms. The van der Waals surface area contributed by atoms with Gasteiger partial charge in [-0.3, -0.25) is 0 Å². The molecule has 2 N–H and O–H groups in total. The molecule has 0 fully saturated rings. The van der Waals surface area contributed by atoms with Crippen molar-refractivity contribution in [2.24, 2.45) is 0 Å². The molecule has 3 aromatic rings. The first-order valence-corrected chi connectivity index (χ1v) is 8.26. The van der Waals surface area contributed by atoms with Gasteiger partial charge in [-0.15, -0.1) is 12.4 Å². The maximum absolute atomic E-state index is 11.5. The van der Waals surface area contributed by atoms with Crippen molar-refractivity contribution in [1.82, 2.24) is 9.97 Å². The molecule has 3 rings (SSSR count). The van der Waals surface area contributed by atoms with Crippen LogP contribution in [0.3, 0.4) is 0 Å². The molecule has 0 saturated carbocycles. The predicted octanol–water partition coefficient (Wildman–Crippen LogP) is 2.75. The number of pyridine rings is 1. The Morgan fingerprint density at radius 2 is 1.83 bits per heavy atom. The van der Waals surface area contributed by atoms with E-state index in [1.807, 2.05) is 0 Å². The number of aromatic carboxylic acids is 1. The van der Waals surface area contributed by atoms with Crippen LogP contribution in [0.1, 0.15) is 10.4 Å². The van der Waals surface area contributed by atoms with Gasteiger partial charge < -0.3 is 10.1 Å². The number of nitrogens with zero attached hydrogens (tertiary/aromatic N) is 1. The number of rotatable bonds is 3. The van der Waals surface area contributed by atoms with E-state index < -0.39 is 15.8 Å². The Kier molecular flexibility index (Phi) is 4.44. The van der Waals surface area contributed by atoms with E-state index in [2.05, 4.69) is 9.97 Å². The van der Waals surface area contributed by atoms with Gasteiger partial charge in [0.05, 0.1) is 10.5 Å². The van der Waals surface area contributed by atoms with E-state index in [0.29, 0.717) is 11.0 Å². The molecular weight excluding hydrogens is 340 g/mol. The van der Waals surface area contributed by atoms with Gasteiger partial charge in [-0.2, -0.15) is 0 Å². The Balaban J connectivity index is 0.00000192. The van der Waals surface area contributed by atoms with Gasteiger partial charge in [0, 0.05) is 29.6 Å². The first kappa shape index (κ1) is 17.0. The molecule has 6 nitrogen and oxygen atoms in total. The van der Waals surface area contributed by atoms with E-state index in [1.165, 1.54) is 18.3 Å². The van der Waals surface area contributed by atoms with Crippen molar-refractivity contribution in [3.8, 4) is 11.1 Å². The summed E-state index contributed by atoms with van der Waals surface area (Å²) in [7, 11) is -3.24. The molecule has 0 aliphatic rings. The van der Waals surface area contributed by atoms with Crippen LogP contribution in [0.4, 0.5) is 0 Å². The molecule has 0 atom stereocenters. The molecule has 0 unspecified atom stereocenters. The van der Waals surface area contributed by atoms with Crippen LogP contribution in [0.5, 0.6) is 0 Å². The van der Waals surface area contributed by atoms with Gasteiger partial charge in [0.25, 0.3) is 0 Å². The number of benzene rings is 1. The topological polar surface area (TPSA) is 100 Å². The number of nitrogens with one attached hydrogen (secondary N) is 1. The molecule has 0 amide bonds. The summed E-state index contributed by atoms with van der Waals surface area (Å²) in [5, 5.41) is 9.66. The number of aromatic nitrogens is 2. The largest absolute Gasteiger partial charge is 0.478 e. The average molecular weight is 353 g/mol. The summed E-state index contributed by atoms with van der Waals surface area (Å²) >= 11 is 0. The van der Waals surface area contributed by atoms with E-state index in [1.54, 1.807) is 24.4 Å². The second kappa shape index (κ2) is 6.02. The number of sulfone groups is 1. The third kappa shape index (κ3) is 3.20. The van der Waals surface area contributed by atoms with Gasteiger partial charge in [0.15, 0.2) is 9.84 Å². The number of hydrogen-bond acceptors (Lipinski definition) is 4. The van der Waals surface area contributed by atoms with Crippen LogP contribution in [0.2, 0.25) is 0 Å². The fourth-order valence-electron chi connectivity index (χ4n) is 2.23. The highest BCUT2D eigenvalue weighted by Crippen LogP contribution is 2.25. The lowest BCUT2D eigenvalue weighted by molar-refractivity contribution is 0.0699. The maximum atomic E-state index is 11.5. The average Bonchev–Trinajstić information content (AvgIpc) is 2.89. The SMILES string of the molecule is CS(=O)(=O)c1ccc(-c2cnc3[nH]cc(C(=O)O)c3c2)cc1.Cl. The van der Waals surface area contributed by atoms with E-state index in [4.69, 9.17) is 5.11 Å². The number of fused-ring (bicyclic) bond motifs is 1. The Morgan fingerprint density at radius 3 is 2.39 bits per heavy atom. The zero-order valence-corrected chi connectivity index (χ0v) is 13.6. The molecule has 120 valence electrons. The van der Waals surface area contributed by atoms with Crippen LogP contribution in [0.25, 0.3) is 22.2 Å². The number of halogens is 1. The molecule has 1 aromatic carbocycles. The fourth-order valence-corrected chi connectivity index (χ4v) is 2.86. The van der Waals surface area contributed by atoms with Crippen molar-refractivity contribution in [2.45, 2.75) is 4.90 Å². The summed E-state index contributed by atoms with van der Waals surface area (Å²) in [5.74, 6) is -1.03. The summed E-state index contributed by atoms with van der Waals surface area (Å²) in [6.07, 6.45) is 4.16. The number of carbonyl (C=O) groups is 1. The standard InChI is InChI=1S/C15H12N2O4S.ClH/c1-22(20,21)11-4-2-9(3-5-11)10-6-12-13(15(18)19)8-17-14(12)16-7-10;/h2-8H,1H3,(H,16,17)(H,18,19);1H. The molecule has 2 aromatic heterocycles. The van der Waals surface area contributed by atoms with Crippen molar-refractivity contribution in [2.75, 3.05) is 6.26 Å². The van der Waals surface area contributed by atoms with Crippen LogP contribution in [-0.4, -0.2) is 35.7 Å². The molecule has 0 radical (unpaired) electrons. The Morgan fingerprint density at radius 1 is 1.17 bits per heavy atom. The van der Waals surface area contributed by atoms with E-state index in [-0.39, 0.29) is 22.9 Å². The number of aromatic amines is 1. The minimum absolute atomic E-state index is 0. The lowest BCUT2D eigenvalue weighted by Crippen LogP contribution is -1.96. The zero-order chi connectivity index (χ0) is 15.9. The third-order valence-corrected chi connectivity index (χ3v) is 4.51. The number of carboxylic acid groups (broad SMARTS) is 1. The van der Waals surface area contributed by atoms with Crippen LogP contribution in [0, 0.1) is 0 Å². The highest BCUT2D eigenvalue weighted by molar-refractivity contribution is 7.90. The molecule has 23 heavy (non-hydrogen) atoms. The highest BCUT2D eigenvalue weighted by atomic mass is 35.5. The van der Waals surface area contributed by atoms with Gasteiger partial charge >= 0.3 is 5.97 Å². The molecule has 8 heteroatoms.